The molecule has 0 amide bonds. The van der Waals surface area contributed by atoms with Gasteiger partial charge >= 0.3 is 214 Å². The van der Waals surface area contributed by atoms with Gasteiger partial charge in [0.1, 0.15) is 5.78 Å². The second kappa shape index (κ2) is 21.3. The molecule has 0 aliphatic carbocycles. The number of nitrogens with two attached hydrogens (primary N) is 1. The van der Waals surface area contributed by atoms with E-state index in [2.05, 4.69) is 9.44 Å². The molecule has 62 heavy (non-hydrogen) atoms. The van der Waals surface area contributed by atoms with Gasteiger partial charge < -0.3 is 0 Å². The molecule has 2 atom stereocenters. The van der Waals surface area contributed by atoms with Gasteiger partial charge in [0.25, 0.3) is 0 Å². The summed E-state index contributed by atoms with van der Waals surface area (Å²) in [5.41, 5.74) is 6.35. The van der Waals surface area contributed by atoms with Gasteiger partial charge in [-0.25, -0.2) is 0 Å². The van der Waals surface area contributed by atoms with Crippen molar-refractivity contribution in [1.29, 1.82) is 0 Å². The molecule has 2 aliphatic rings. The molecule has 11 nitrogen and oxygen atoms in total. The van der Waals surface area contributed by atoms with E-state index in [4.69, 9.17) is 3.95 Å². The first kappa shape index (κ1) is 49.3. The second-order valence-electron chi connectivity index (χ2n) is 18.5. The van der Waals surface area contributed by atoms with Crippen LogP contribution in [0.25, 0.3) is 0 Å². The van der Waals surface area contributed by atoms with Crippen LogP contribution in [0.5, 0.6) is 0 Å². The van der Waals surface area contributed by atoms with E-state index in [9.17, 15) is 26.4 Å². The number of nitrogens with zero attached hydrogens (tertiary/aromatic N) is 2. The third-order valence-corrected chi connectivity index (χ3v) is 16.0. The summed E-state index contributed by atoms with van der Waals surface area (Å²) in [6, 6.07) is 31.4. The molecule has 338 valence electrons. The van der Waals surface area contributed by atoms with Crippen molar-refractivity contribution in [3.63, 3.8) is 0 Å². The van der Waals surface area contributed by atoms with Crippen LogP contribution in [0.15, 0.2) is 97.1 Å². The minimum atomic E-state index is -3.68. The van der Waals surface area contributed by atoms with E-state index in [1.54, 1.807) is 0 Å². The average molecular weight is 999 g/mol. The Balaban J connectivity index is 0.000000235. The first-order valence-electron chi connectivity index (χ1n) is 21.4. The predicted molar refractivity (Wildman–Crippen MR) is 247 cm³/mol. The molecule has 0 bridgehead atoms. The quantitative estimate of drug-likeness (QED) is 0.0868. The van der Waals surface area contributed by atoms with Crippen LogP contribution >= 0.6 is 0 Å². The van der Waals surface area contributed by atoms with Crippen molar-refractivity contribution in [2.75, 3.05) is 26.1 Å². The van der Waals surface area contributed by atoms with Crippen molar-refractivity contribution < 1.29 is 47.9 Å². The van der Waals surface area contributed by atoms with Crippen molar-refractivity contribution in [2.45, 2.75) is 111 Å². The molecule has 0 aromatic heterocycles. The van der Waals surface area contributed by atoms with E-state index in [1.807, 2.05) is 146 Å². The van der Waals surface area contributed by atoms with E-state index >= 15 is 0 Å². The molecule has 14 heteroatoms. The van der Waals surface area contributed by atoms with Gasteiger partial charge in [0.05, 0.1) is 5.69 Å². The Morgan fingerprint density at radius 3 is 1.47 bits per heavy atom. The van der Waals surface area contributed by atoms with Crippen LogP contribution in [0.2, 0.25) is 0 Å². The van der Waals surface area contributed by atoms with Gasteiger partial charge in [0, 0.05) is 24.4 Å². The molecule has 4 N–H and O–H groups in total. The number of fused-ring (bicyclic) bond motifs is 2. The molecule has 0 unspecified atom stereocenters. The first-order valence-corrected chi connectivity index (χ1v) is 27.1. The van der Waals surface area contributed by atoms with E-state index in [-0.39, 0.29) is 23.4 Å². The number of carbonyl (C=O) groups is 2. The van der Waals surface area contributed by atoms with Gasteiger partial charge in [-0.05, 0) is 62.8 Å². The Labute approximate surface area is 381 Å². The average Bonchev–Trinajstić information content (AvgIpc) is 3.19. The fourth-order valence-corrected chi connectivity index (χ4v) is 12.9. The molecule has 2 aliphatic heterocycles. The number of anilines is 2. The van der Waals surface area contributed by atoms with Crippen LogP contribution in [-0.4, -0.2) is 57.0 Å². The predicted octanol–water partition coefficient (Wildman–Crippen LogP) is 4.07. The van der Waals surface area contributed by atoms with Gasteiger partial charge in [-0.15, -0.1) is 0 Å². The van der Waals surface area contributed by atoms with Gasteiger partial charge in [-0.3, -0.25) is 9.10 Å². The molecule has 0 saturated carbocycles. The van der Waals surface area contributed by atoms with Crippen molar-refractivity contribution >= 4 is 43.4 Å². The monoisotopic (exact) mass is 998 g/mol. The minimum absolute atomic E-state index is 0.0887. The summed E-state index contributed by atoms with van der Waals surface area (Å²) in [5.74, 6) is 0.173. The van der Waals surface area contributed by atoms with Gasteiger partial charge in [0.2, 0.25) is 0 Å². The number of rotatable bonds is 16. The molecular weight excluding hydrogens is 934 g/mol. The van der Waals surface area contributed by atoms with Gasteiger partial charge in [-0.1, -0.05) is 49.4 Å². The van der Waals surface area contributed by atoms with E-state index in [0.717, 1.165) is 63.5 Å². The smallest absolute Gasteiger partial charge is 0.299 e. The van der Waals surface area contributed by atoms with Crippen molar-refractivity contribution in [1.82, 2.24) is 9.44 Å². The zero-order chi connectivity index (χ0) is 45.3. The topological polar surface area (TPSA) is 159 Å². The SMILES string of the molecule is CC(C)(C)NS(=O)(=O)N1CCCc2c(CC(=O)[C@@H](C[I-]N)Cc3ccccc3)cccc21.C[C@@H](Cc1ccccc1)C(=O)Cc1cccc2c1CCCN2S(=O)(=O)NC(C)(C)C. The van der Waals surface area contributed by atoms with Crippen LogP contribution in [0.4, 0.5) is 11.4 Å². The number of benzene rings is 4. The third-order valence-electron chi connectivity index (χ3n) is 10.8. The van der Waals surface area contributed by atoms with E-state index in [0.29, 0.717) is 50.1 Å². The third kappa shape index (κ3) is 13.9. The van der Waals surface area contributed by atoms with Crippen LogP contribution < -0.4 is 43.5 Å². The molecule has 0 radical (unpaired) electrons. The van der Waals surface area contributed by atoms with Crippen molar-refractivity contribution in [2.24, 2.45) is 15.8 Å². The Hall–Kier alpha value is -3.67. The summed E-state index contributed by atoms with van der Waals surface area (Å²) in [7, 11) is -7.34. The zero-order valence-corrected chi connectivity index (χ0v) is 41.1. The molecular formula is C48H65IN5O6S2-. The minimum Gasteiger partial charge on any atom is -0.299 e. The molecule has 2 heterocycles. The molecule has 0 fully saturated rings. The largest absolute Gasteiger partial charge is 0.302 e. The summed E-state index contributed by atoms with van der Waals surface area (Å²) in [6.45, 7) is 13.8. The Morgan fingerprint density at radius 1 is 0.629 bits per heavy atom. The van der Waals surface area contributed by atoms with Crippen molar-refractivity contribution in [3.05, 3.63) is 130 Å². The number of nitrogens with one attached hydrogen (secondary N) is 2. The first-order chi connectivity index (χ1) is 29.2. The number of hydrogen-bond acceptors (Lipinski definition) is 7. The van der Waals surface area contributed by atoms with Crippen LogP contribution in [0, 0.1) is 11.8 Å². The van der Waals surface area contributed by atoms with Crippen LogP contribution in [0.1, 0.15) is 94.7 Å². The van der Waals surface area contributed by atoms with Crippen LogP contribution in [-0.2, 0) is 68.5 Å². The van der Waals surface area contributed by atoms with E-state index in [1.165, 1.54) is 8.61 Å². The second-order valence-corrected chi connectivity index (χ2v) is 23.4. The number of alkyl halides is 1. The maximum atomic E-state index is 13.3. The number of Topliss-reactive ketones (excluding diaryl/α,β-unsaturated/α-hetero) is 2. The standard InChI is InChI=1S/C24H33IN3O3S.C24H32N2O3S/c1-24(2,3)27-32(30,31)28-14-8-12-21-19(11-7-13-22(21)28)16-23(29)20(17-25-26)15-18-9-5-4-6-10-18;1-18(16-19-10-6-5-7-11-19)23(27)17-20-12-8-14-22-21(20)13-9-15-26(22)30(28,29)25-24(2,3)4/h4-7,9-11,13,20,27H,8,12,14-17,26H2,1-3H3;5-8,10-12,14,18,25H,9,13,15-17H2,1-4H3/q-1;/t20-;18-/m10/s1. The number of carbonyl (C=O) groups excluding carboxylic acids is 2. The Morgan fingerprint density at radius 2 is 1.05 bits per heavy atom. The van der Waals surface area contributed by atoms with Crippen molar-refractivity contribution in [3.8, 4) is 0 Å². The maximum Gasteiger partial charge on any atom is 0.302 e. The van der Waals surface area contributed by atoms with Gasteiger partial charge in [0.15, 0.2) is 0 Å². The molecule has 6 rings (SSSR count). The number of halogens is 1. The zero-order valence-electron chi connectivity index (χ0n) is 37.3. The maximum absolute atomic E-state index is 13.3. The van der Waals surface area contributed by atoms with Crippen LogP contribution in [0.3, 0.4) is 0 Å². The summed E-state index contributed by atoms with van der Waals surface area (Å²) in [4.78, 5) is 26.2. The van der Waals surface area contributed by atoms with E-state index < -0.39 is 53.0 Å². The Bertz CT molecular complexity index is 2370. The Kier molecular flexibility index (Phi) is 17.0. The number of hydrogen-bond donors (Lipinski definition) is 3. The molecule has 0 spiro atoms. The normalized spacial score (nSPS) is 15.5. The summed E-state index contributed by atoms with van der Waals surface area (Å²) in [6.07, 6.45) is 5.07. The summed E-state index contributed by atoms with van der Waals surface area (Å²) >= 11 is -0.505. The summed E-state index contributed by atoms with van der Waals surface area (Å²) < 4.78 is 67.0. The molecule has 4 aromatic rings. The fraction of sp³-hybridized carbons (Fsp3) is 0.458. The fourth-order valence-electron chi connectivity index (χ4n) is 8.08. The summed E-state index contributed by atoms with van der Waals surface area (Å²) in [5, 5.41) is 0. The number of ketones is 2. The molecule has 0 saturated heterocycles. The molecule has 4 aromatic carbocycles. The van der Waals surface area contributed by atoms with Gasteiger partial charge in [-0.2, -0.15) is 13.1 Å².